The molecule has 0 aliphatic carbocycles. The molecule has 5 nitrogen and oxygen atoms in total. The highest BCUT2D eigenvalue weighted by Gasteiger charge is 2.07. The number of aromatic nitrogens is 2. The van der Waals surface area contributed by atoms with Gasteiger partial charge in [0.15, 0.2) is 0 Å². The molecule has 5 heteroatoms. The van der Waals surface area contributed by atoms with Crippen molar-refractivity contribution in [3.8, 4) is 22.8 Å². The number of nitrogens with two attached hydrogens (primary N) is 1. The Hall–Kier alpha value is -2.30. The topological polar surface area (TPSA) is 70.3 Å². The Morgan fingerprint density at radius 3 is 2.06 bits per heavy atom. The van der Waals surface area contributed by atoms with Gasteiger partial charge >= 0.3 is 0 Å². The summed E-state index contributed by atoms with van der Waals surface area (Å²) in [5.41, 5.74) is 7.35. The average Bonchev–Trinajstić information content (AvgIpc) is 2.37. The maximum atomic E-state index is 5.72. The molecule has 2 aromatic rings. The molecule has 0 atom stereocenters. The second-order valence-corrected chi connectivity index (χ2v) is 3.83. The van der Waals surface area contributed by atoms with Gasteiger partial charge in [0.25, 0.3) is 0 Å². The molecular weight excluding hydrogens is 230 g/mol. The number of nitrogen functional groups attached to an aromatic ring is 1. The fourth-order valence-electron chi connectivity index (χ4n) is 1.69. The van der Waals surface area contributed by atoms with E-state index in [0.29, 0.717) is 23.1 Å². The third-order valence-electron chi connectivity index (χ3n) is 2.50. The molecule has 0 saturated carbocycles. The second kappa shape index (κ2) is 4.91. The van der Waals surface area contributed by atoms with Crippen LogP contribution in [-0.2, 0) is 0 Å². The summed E-state index contributed by atoms with van der Waals surface area (Å²) in [6.07, 6.45) is 0. The molecule has 0 aliphatic rings. The molecule has 2 N–H and O–H groups in total. The zero-order valence-corrected chi connectivity index (χ0v) is 10.6. The largest absolute Gasteiger partial charge is 0.497 e. The van der Waals surface area contributed by atoms with Crippen LogP contribution in [0.2, 0.25) is 0 Å². The quantitative estimate of drug-likeness (QED) is 0.896. The van der Waals surface area contributed by atoms with Gasteiger partial charge in [0.1, 0.15) is 23.1 Å². The molecule has 1 aromatic carbocycles. The van der Waals surface area contributed by atoms with Crippen LogP contribution in [0.1, 0.15) is 5.82 Å². The molecule has 1 aromatic heterocycles. The Morgan fingerprint density at radius 1 is 0.944 bits per heavy atom. The fraction of sp³-hybridized carbons (Fsp3) is 0.231. The molecule has 0 bridgehead atoms. The van der Waals surface area contributed by atoms with E-state index in [1.54, 1.807) is 33.3 Å². The molecule has 0 saturated heterocycles. The summed E-state index contributed by atoms with van der Waals surface area (Å²) >= 11 is 0. The number of rotatable bonds is 3. The van der Waals surface area contributed by atoms with E-state index in [0.717, 1.165) is 11.3 Å². The average molecular weight is 245 g/mol. The second-order valence-electron chi connectivity index (χ2n) is 3.83. The predicted octanol–water partition coefficient (Wildman–Crippen LogP) is 2.05. The van der Waals surface area contributed by atoms with Gasteiger partial charge in [-0.05, 0) is 19.1 Å². The van der Waals surface area contributed by atoms with E-state index >= 15 is 0 Å². The van der Waals surface area contributed by atoms with Crippen molar-refractivity contribution < 1.29 is 9.47 Å². The molecule has 0 spiro atoms. The van der Waals surface area contributed by atoms with Crippen LogP contribution < -0.4 is 15.2 Å². The first-order valence-electron chi connectivity index (χ1n) is 5.47. The van der Waals surface area contributed by atoms with E-state index in [-0.39, 0.29) is 0 Å². The minimum absolute atomic E-state index is 0.444. The van der Waals surface area contributed by atoms with Crippen molar-refractivity contribution in [1.82, 2.24) is 9.97 Å². The van der Waals surface area contributed by atoms with Gasteiger partial charge in [-0.25, -0.2) is 9.97 Å². The summed E-state index contributed by atoms with van der Waals surface area (Å²) in [5.74, 6) is 2.49. The maximum absolute atomic E-state index is 5.72. The highest BCUT2D eigenvalue weighted by atomic mass is 16.5. The van der Waals surface area contributed by atoms with Crippen molar-refractivity contribution >= 4 is 5.82 Å². The molecule has 0 radical (unpaired) electrons. The van der Waals surface area contributed by atoms with Crippen LogP contribution in [0.3, 0.4) is 0 Å². The van der Waals surface area contributed by atoms with E-state index in [2.05, 4.69) is 9.97 Å². The Balaban J connectivity index is 2.55. The summed E-state index contributed by atoms with van der Waals surface area (Å²) in [6.45, 7) is 1.80. The van der Waals surface area contributed by atoms with Gasteiger partial charge in [-0.2, -0.15) is 0 Å². The molecule has 1 heterocycles. The number of hydrogen-bond acceptors (Lipinski definition) is 5. The standard InChI is InChI=1S/C13H15N3O2/c1-8-15-12(7-13(14)16-8)9-4-10(17-2)6-11(5-9)18-3/h4-7H,1-3H3,(H2,14,15,16). The van der Waals surface area contributed by atoms with Crippen LogP contribution >= 0.6 is 0 Å². The van der Waals surface area contributed by atoms with Crippen molar-refractivity contribution in [3.05, 3.63) is 30.1 Å². The highest BCUT2D eigenvalue weighted by Crippen LogP contribution is 2.29. The van der Waals surface area contributed by atoms with Crippen molar-refractivity contribution in [2.24, 2.45) is 0 Å². The summed E-state index contributed by atoms with van der Waals surface area (Å²) in [6, 6.07) is 7.29. The van der Waals surface area contributed by atoms with E-state index in [1.807, 2.05) is 12.1 Å². The third-order valence-corrected chi connectivity index (χ3v) is 2.50. The van der Waals surface area contributed by atoms with Crippen LogP contribution in [0.15, 0.2) is 24.3 Å². The van der Waals surface area contributed by atoms with Crippen LogP contribution in [0.4, 0.5) is 5.82 Å². The van der Waals surface area contributed by atoms with Crippen LogP contribution in [0, 0.1) is 6.92 Å². The normalized spacial score (nSPS) is 10.2. The Labute approximate surface area is 106 Å². The minimum atomic E-state index is 0.444. The lowest BCUT2D eigenvalue weighted by Crippen LogP contribution is -1.97. The van der Waals surface area contributed by atoms with Crippen LogP contribution in [0.5, 0.6) is 11.5 Å². The predicted molar refractivity (Wildman–Crippen MR) is 69.7 cm³/mol. The number of nitrogens with zero attached hydrogens (tertiary/aromatic N) is 2. The number of anilines is 1. The summed E-state index contributed by atoms with van der Waals surface area (Å²) in [7, 11) is 3.22. The van der Waals surface area contributed by atoms with Gasteiger partial charge in [0.2, 0.25) is 0 Å². The summed E-state index contributed by atoms with van der Waals surface area (Å²) in [4.78, 5) is 8.40. The fourth-order valence-corrected chi connectivity index (χ4v) is 1.69. The van der Waals surface area contributed by atoms with E-state index in [1.165, 1.54) is 0 Å². The van der Waals surface area contributed by atoms with Gasteiger partial charge in [0, 0.05) is 17.7 Å². The van der Waals surface area contributed by atoms with Gasteiger partial charge < -0.3 is 15.2 Å². The van der Waals surface area contributed by atoms with E-state index in [4.69, 9.17) is 15.2 Å². The lowest BCUT2D eigenvalue weighted by atomic mass is 10.1. The molecule has 0 amide bonds. The number of hydrogen-bond donors (Lipinski definition) is 1. The van der Waals surface area contributed by atoms with Gasteiger partial charge in [-0.3, -0.25) is 0 Å². The van der Waals surface area contributed by atoms with Crippen molar-refractivity contribution in [3.63, 3.8) is 0 Å². The summed E-state index contributed by atoms with van der Waals surface area (Å²) < 4.78 is 10.4. The Bertz CT molecular complexity index is 528. The summed E-state index contributed by atoms with van der Waals surface area (Å²) in [5, 5.41) is 0. The monoisotopic (exact) mass is 245 g/mol. The molecular formula is C13H15N3O2. The number of benzene rings is 1. The van der Waals surface area contributed by atoms with Gasteiger partial charge in [-0.1, -0.05) is 0 Å². The van der Waals surface area contributed by atoms with Crippen LogP contribution in [-0.4, -0.2) is 24.2 Å². The first kappa shape index (κ1) is 12.2. The van der Waals surface area contributed by atoms with Crippen LogP contribution in [0.25, 0.3) is 11.3 Å². The van der Waals surface area contributed by atoms with E-state index < -0.39 is 0 Å². The molecule has 18 heavy (non-hydrogen) atoms. The number of ether oxygens (including phenoxy) is 2. The smallest absolute Gasteiger partial charge is 0.128 e. The molecule has 2 rings (SSSR count). The lowest BCUT2D eigenvalue weighted by molar-refractivity contribution is 0.394. The molecule has 94 valence electrons. The first-order valence-corrected chi connectivity index (χ1v) is 5.47. The van der Waals surface area contributed by atoms with Gasteiger partial charge in [0.05, 0.1) is 19.9 Å². The number of aryl methyl sites for hydroxylation is 1. The van der Waals surface area contributed by atoms with Gasteiger partial charge in [-0.15, -0.1) is 0 Å². The van der Waals surface area contributed by atoms with Crippen molar-refractivity contribution in [2.45, 2.75) is 6.92 Å². The van der Waals surface area contributed by atoms with E-state index in [9.17, 15) is 0 Å². The molecule has 0 unspecified atom stereocenters. The highest BCUT2D eigenvalue weighted by molar-refractivity contribution is 5.65. The zero-order valence-electron chi connectivity index (χ0n) is 10.6. The molecule has 0 fully saturated rings. The van der Waals surface area contributed by atoms with Crippen molar-refractivity contribution in [1.29, 1.82) is 0 Å². The SMILES string of the molecule is COc1cc(OC)cc(-c2cc(N)nc(C)n2)c1. The minimum Gasteiger partial charge on any atom is -0.497 e. The lowest BCUT2D eigenvalue weighted by Gasteiger charge is -2.09. The first-order chi connectivity index (χ1) is 8.62. The third kappa shape index (κ3) is 2.51. The zero-order chi connectivity index (χ0) is 13.1. The maximum Gasteiger partial charge on any atom is 0.128 e. The Morgan fingerprint density at radius 2 is 1.56 bits per heavy atom. The molecule has 0 aliphatic heterocycles. The Kier molecular flexibility index (Phi) is 3.32. The number of methoxy groups -OCH3 is 2. The van der Waals surface area contributed by atoms with Crippen molar-refractivity contribution in [2.75, 3.05) is 20.0 Å².